The van der Waals surface area contributed by atoms with E-state index in [4.69, 9.17) is 5.73 Å². The van der Waals surface area contributed by atoms with E-state index in [0.717, 1.165) is 10.2 Å². The van der Waals surface area contributed by atoms with Gasteiger partial charge in [0.1, 0.15) is 17.8 Å². The minimum Gasteiger partial charge on any atom is -0.393 e. The minimum atomic E-state index is -0.418. The van der Waals surface area contributed by atoms with Crippen LogP contribution in [0.25, 0.3) is 10.2 Å². The first-order valence-electron chi connectivity index (χ1n) is 7.96. The third-order valence-electron chi connectivity index (χ3n) is 3.84. The summed E-state index contributed by atoms with van der Waals surface area (Å²) in [5.41, 5.74) is 8.78. The van der Waals surface area contributed by atoms with Crippen LogP contribution in [-0.4, -0.2) is 15.0 Å². The lowest BCUT2D eigenvalue weighted by Crippen LogP contribution is -2.05. The normalized spacial score (nSPS) is 10.9. The predicted molar refractivity (Wildman–Crippen MR) is 111 cm³/mol. The number of aromatic nitrogens is 3. The predicted octanol–water partition coefficient (Wildman–Crippen LogP) is 5.37. The molecule has 6 nitrogen and oxygen atoms in total. The standard InChI is InChI=1S/C18H14BrFN6S/c1-9-2-4-13-14(6-9)27-18(25-13)26-17-15(21)16(22-8-23-17)24-12-5-3-10(19)7-11(12)20/h2-8H,21H2,1H3,(H2,22,23,24,25,26). The summed E-state index contributed by atoms with van der Waals surface area (Å²) in [6.45, 7) is 2.04. The van der Waals surface area contributed by atoms with Crippen LogP contribution in [0.4, 0.5) is 32.5 Å². The van der Waals surface area contributed by atoms with E-state index in [1.807, 2.05) is 19.1 Å². The summed E-state index contributed by atoms with van der Waals surface area (Å²) >= 11 is 4.73. The van der Waals surface area contributed by atoms with E-state index in [9.17, 15) is 4.39 Å². The lowest BCUT2D eigenvalue weighted by Gasteiger charge is -2.12. The molecule has 0 fully saturated rings. The summed E-state index contributed by atoms with van der Waals surface area (Å²) in [7, 11) is 0. The molecule has 0 radical (unpaired) electrons. The summed E-state index contributed by atoms with van der Waals surface area (Å²) < 4.78 is 15.8. The largest absolute Gasteiger partial charge is 0.393 e. The van der Waals surface area contributed by atoms with Gasteiger partial charge in [0.05, 0.1) is 15.9 Å². The number of nitrogens with two attached hydrogens (primary N) is 1. The number of thiazole rings is 1. The highest BCUT2D eigenvalue weighted by Crippen LogP contribution is 2.33. The molecular formula is C18H14BrFN6S. The Kier molecular flexibility index (Phi) is 4.63. The lowest BCUT2D eigenvalue weighted by atomic mass is 10.2. The first-order valence-corrected chi connectivity index (χ1v) is 9.57. The number of nitrogen functional groups attached to an aromatic ring is 1. The number of nitrogens with one attached hydrogen (secondary N) is 2. The Bertz CT molecular complexity index is 1150. The maximum Gasteiger partial charge on any atom is 0.189 e. The van der Waals surface area contributed by atoms with Crippen LogP contribution in [0, 0.1) is 12.7 Å². The van der Waals surface area contributed by atoms with E-state index in [1.165, 1.54) is 29.3 Å². The number of halogens is 2. The number of fused-ring (bicyclic) bond motifs is 1. The highest BCUT2D eigenvalue weighted by atomic mass is 79.9. The van der Waals surface area contributed by atoms with Crippen molar-refractivity contribution >= 4 is 65.6 Å². The molecule has 4 N–H and O–H groups in total. The zero-order valence-corrected chi connectivity index (χ0v) is 16.5. The van der Waals surface area contributed by atoms with E-state index < -0.39 is 5.82 Å². The molecule has 4 rings (SSSR count). The van der Waals surface area contributed by atoms with Gasteiger partial charge in [-0.25, -0.2) is 19.3 Å². The molecule has 0 aliphatic carbocycles. The van der Waals surface area contributed by atoms with Crippen molar-refractivity contribution in [1.82, 2.24) is 15.0 Å². The molecule has 2 aromatic heterocycles. The van der Waals surface area contributed by atoms with Crippen LogP contribution < -0.4 is 16.4 Å². The molecule has 4 aromatic rings. The summed E-state index contributed by atoms with van der Waals surface area (Å²) in [6, 6.07) is 10.8. The first kappa shape index (κ1) is 17.6. The second kappa shape index (κ2) is 7.09. The average Bonchev–Trinajstić information content (AvgIpc) is 3.02. The zero-order valence-electron chi connectivity index (χ0n) is 14.1. The van der Waals surface area contributed by atoms with Crippen LogP contribution in [0.3, 0.4) is 0 Å². The van der Waals surface area contributed by atoms with Crippen molar-refractivity contribution in [3.05, 3.63) is 58.6 Å². The Hall–Kier alpha value is -2.78. The SMILES string of the molecule is Cc1ccc2nc(Nc3ncnc(Nc4ccc(Br)cc4F)c3N)sc2c1. The molecule has 9 heteroatoms. The van der Waals surface area contributed by atoms with Crippen molar-refractivity contribution in [3.8, 4) is 0 Å². The highest BCUT2D eigenvalue weighted by Gasteiger charge is 2.13. The fraction of sp³-hybridized carbons (Fsp3) is 0.0556. The van der Waals surface area contributed by atoms with Gasteiger partial charge >= 0.3 is 0 Å². The molecule has 0 saturated carbocycles. The van der Waals surface area contributed by atoms with Gasteiger partial charge in [0.25, 0.3) is 0 Å². The molecule has 136 valence electrons. The van der Waals surface area contributed by atoms with Crippen LogP contribution in [0.2, 0.25) is 0 Å². The van der Waals surface area contributed by atoms with E-state index >= 15 is 0 Å². The fourth-order valence-electron chi connectivity index (χ4n) is 2.50. The number of aryl methyl sites for hydroxylation is 1. The van der Waals surface area contributed by atoms with Gasteiger partial charge in [0.15, 0.2) is 16.8 Å². The van der Waals surface area contributed by atoms with Crippen LogP contribution in [-0.2, 0) is 0 Å². The smallest absolute Gasteiger partial charge is 0.189 e. The summed E-state index contributed by atoms with van der Waals surface area (Å²) in [5.74, 6) is 0.296. The molecule has 0 atom stereocenters. The number of benzene rings is 2. The Morgan fingerprint density at radius 2 is 1.85 bits per heavy atom. The second-order valence-electron chi connectivity index (χ2n) is 5.85. The van der Waals surface area contributed by atoms with Gasteiger partial charge in [-0.15, -0.1) is 0 Å². The number of hydrogen-bond donors (Lipinski definition) is 3. The molecular weight excluding hydrogens is 431 g/mol. The molecule has 0 aliphatic heterocycles. The van der Waals surface area contributed by atoms with Crippen molar-refractivity contribution in [1.29, 1.82) is 0 Å². The van der Waals surface area contributed by atoms with Gasteiger partial charge in [-0.05, 0) is 42.8 Å². The minimum absolute atomic E-state index is 0.269. The van der Waals surface area contributed by atoms with Crippen molar-refractivity contribution in [2.24, 2.45) is 0 Å². The van der Waals surface area contributed by atoms with E-state index in [2.05, 4.69) is 47.6 Å². The molecule has 2 aromatic carbocycles. The maximum absolute atomic E-state index is 14.1. The summed E-state index contributed by atoms with van der Waals surface area (Å²) in [4.78, 5) is 12.8. The molecule has 0 bridgehead atoms. The van der Waals surface area contributed by atoms with Gasteiger partial charge in [-0.2, -0.15) is 0 Å². The number of anilines is 5. The Morgan fingerprint density at radius 3 is 2.63 bits per heavy atom. The van der Waals surface area contributed by atoms with E-state index in [1.54, 1.807) is 12.1 Å². The van der Waals surface area contributed by atoms with Crippen LogP contribution >= 0.6 is 27.3 Å². The van der Waals surface area contributed by atoms with Crippen molar-refractivity contribution < 1.29 is 4.39 Å². The van der Waals surface area contributed by atoms with E-state index in [0.29, 0.717) is 21.2 Å². The van der Waals surface area contributed by atoms with Crippen molar-refractivity contribution in [2.75, 3.05) is 16.4 Å². The molecule has 27 heavy (non-hydrogen) atoms. The third kappa shape index (κ3) is 3.69. The molecule has 0 unspecified atom stereocenters. The van der Waals surface area contributed by atoms with Gasteiger partial charge in [0.2, 0.25) is 0 Å². The topological polar surface area (TPSA) is 88.8 Å². The summed E-state index contributed by atoms with van der Waals surface area (Å²) in [5, 5.41) is 6.69. The van der Waals surface area contributed by atoms with Gasteiger partial charge in [0, 0.05) is 4.47 Å². The maximum atomic E-state index is 14.1. The zero-order chi connectivity index (χ0) is 19.0. The number of nitrogens with zero attached hydrogens (tertiary/aromatic N) is 3. The third-order valence-corrected chi connectivity index (χ3v) is 5.26. The van der Waals surface area contributed by atoms with Gasteiger partial charge < -0.3 is 16.4 Å². The molecule has 2 heterocycles. The van der Waals surface area contributed by atoms with Gasteiger partial charge in [-0.3, -0.25) is 0 Å². The highest BCUT2D eigenvalue weighted by molar-refractivity contribution is 9.10. The second-order valence-corrected chi connectivity index (χ2v) is 7.80. The first-order chi connectivity index (χ1) is 13.0. The summed E-state index contributed by atoms with van der Waals surface area (Å²) in [6.07, 6.45) is 1.36. The number of hydrogen-bond acceptors (Lipinski definition) is 7. The van der Waals surface area contributed by atoms with E-state index in [-0.39, 0.29) is 11.4 Å². The average molecular weight is 445 g/mol. The Labute approximate surface area is 166 Å². The molecule has 0 aliphatic rings. The quantitative estimate of drug-likeness (QED) is 0.392. The molecule has 0 saturated heterocycles. The Morgan fingerprint density at radius 1 is 1.07 bits per heavy atom. The molecule has 0 spiro atoms. The van der Waals surface area contributed by atoms with Crippen LogP contribution in [0.5, 0.6) is 0 Å². The number of rotatable bonds is 4. The van der Waals surface area contributed by atoms with Gasteiger partial charge in [-0.1, -0.05) is 33.3 Å². The van der Waals surface area contributed by atoms with Crippen molar-refractivity contribution in [2.45, 2.75) is 6.92 Å². The Balaban J connectivity index is 1.62. The van der Waals surface area contributed by atoms with Crippen molar-refractivity contribution in [3.63, 3.8) is 0 Å². The van der Waals surface area contributed by atoms with Crippen LogP contribution in [0.15, 0.2) is 47.2 Å². The lowest BCUT2D eigenvalue weighted by molar-refractivity contribution is 0.631. The fourth-order valence-corrected chi connectivity index (χ4v) is 3.80. The van der Waals surface area contributed by atoms with Crippen LogP contribution in [0.1, 0.15) is 5.56 Å². The monoisotopic (exact) mass is 444 g/mol. The molecule has 0 amide bonds.